The van der Waals surface area contributed by atoms with Gasteiger partial charge >= 0.3 is 22.3 Å². The molecule has 0 amide bonds. The molecule has 0 aliphatic heterocycles. The predicted octanol–water partition coefficient (Wildman–Crippen LogP) is 4.00. The zero-order valence-electron chi connectivity index (χ0n) is 25.4. The average molecular weight is 745 g/mol. The van der Waals surface area contributed by atoms with Crippen molar-refractivity contribution in [2.45, 2.75) is 36.9 Å². The number of benzene rings is 2. The topological polar surface area (TPSA) is 180 Å². The number of nitrogens with one attached hydrogen (secondary N) is 2. The van der Waals surface area contributed by atoms with Crippen molar-refractivity contribution in [2.24, 2.45) is 0 Å². The van der Waals surface area contributed by atoms with Crippen molar-refractivity contribution in [2.75, 3.05) is 0 Å². The Morgan fingerprint density at radius 3 is 1.18 bits per heavy atom. The van der Waals surface area contributed by atoms with Crippen molar-refractivity contribution in [3.63, 3.8) is 0 Å². The van der Waals surface area contributed by atoms with Crippen molar-refractivity contribution < 1.29 is 61.4 Å². The van der Waals surface area contributed by atoms with Crippen LogP contribution in [0.25, 0.3) is 22.3 Å². The highest BCUT2D eigenvalue weighted by Gasteiger charge is 2.37. The smallest absolute Gasteiger partial charge is 0.485 e. The molecule has 0 saturated carbocycles. The second-order valence-electron chi connectivity index (χ2n) is 10.4. The lowest BCUT2D eigenvalue weighted by molar-refractivity contribution is -0.664. The third-order valence-electron chi connectivity index (χ3n) is 6.68. The molecule has 20 heteroatoms. The largest absolute Gasteiger partial charge is 0.741 e. The lowest BCUT2D eigenvalue weighted by atomic mass is 10.2. The van der Waals surface area contributed by atoms with E-state index in [4.69, 9.17) is 35.9 Å². The second-order valence-corrected chi connectivity index (χ2v) is 13.1. The molecule has 4 aromatic heterocycles. The zero-order chi connectivity index (χ0) is 36.7. The van der Waals surface area contributed by atoms with Crippen molar-refractivity contribution in [1.29, 1.82) is 0 Å². The van der Waals surface area contributed by atoms with E-state index in [2.05, 4.69) is 104 Å². The van der Waals surface area contributed by atoms with Gasteiger partial charge in [0.25, 0.3) is 0 Å². The summed E-state index contributed by atoms with van der Waals surface area (Å²) in [6, 6.07) is 29.3. The van der Waals surface area contributed by atoms with Gasteiger partial charge in [0.2, 0.25) is 11.6 Å². The minimum Gasteiger partial charge on any atom is -0.741 e. The third kappa shape index (κ3) is 10.3. The first-order chi connectivity index (χ1) is 23.3. The summed E-state index contributed by atoms with van der Waals surface area (Å²) in [5.41, 5.74) is -4.71. The van der Waals surface area contributed by atoms with Crippen LogP contribution in [0.1, 0.15) is 22.8 Å². The Hall–Kier alpha value is -4.92. The Labute approximate surface area is 280 Å². The third-order valence-corrected chi connectivity index (χ3v) is 7.81. The molecule has 0 bridgehead atoms. The maximum Gasteiger partial charge on any atom is 0.485 e. The van der Waals surface area contributed by atoms with Gasteiger partial charge in [-0.25, -0.2) is 26.0 Å². The number of imidazole rings is 2. The number of aryl methyl sites for hydroxylation is 2. The summed E-state index contributed by atoms with van der Waals surface area (Å²) < 4.78 is 122. The number of pyridine rings is 2. The molecule has 0 radical (unpaired) electrons. The van der Waals surface area contributed by atoms with Gasteiger partial charge < -0.3 is 19.1 Å². The van der Waals surface area contributed by atoms with Crippen LogP contribution in [0.2, 0.25) is 0 Å². The lowest BCUT2D eigenvalue weighted by Gasteiger charge is -2.08. The molecule has 0 atom stereocenters. The first-order valence-electron chi connectivity index (χ1n) is 14.2. The van der Waals surface area contributed by atoms with Gasteiger partial charge in [-0.2, -0.15) is 26.3 Å². The number of aromatic nitrogens is 6. The van der Waals surface area contributed by atoms with E-state index in [9.17, 15) is 26.3 Å². The molecule has 0 unspecified atom stereocenters. The molecule has 2 N–H and O–H groups in total. The molecule has 0 aliphatic rings. The average Bonchev–Trinajstić information content (AvgIpc) is 3.65. The van der Waals surface area contributed by atoms with Gasteiger partial charge in [-0.05, 0) is 45.4 Å². The summed E-state index contributed by atoms with van der Waals surface area (Å²) in [6.07, 6.45) is 5.76. The van der Waals surface area contributed by atoms with Crippen LogP contribution in [0.15, 0.2) is 97.3 Å². The number of rotatable bonds is 7. The molecule has 6 rings (SSSR count). The number of H-pyrrole nitrogens is 2. The molecular formula is C30H26F6N6O6S2. The standard InChI is InChI=1S/C28H24N6.2CHF3O3S/c1-3-9-21(10-4-1)19-33-17-7-13-23-27(33)31-25(29-23)15-16-26-30-24-14-8-18-34(28(24)32-26)20-22-11-5-2-6-12-22;2*2-1(3,4)8(5,6)7/h1-14,17-18H,15-16,19-20H2;2*(H,5,6,7). The fourth-order valence-corrected chi connectivity index (χ4v) is 4.44. The Kier molecular flexibility index (Phi) is 11.6. The highest BCUT2D eigenvalue weighted by atomic mass is 32.2. The number of alkyl halides is 6. The van der Waals surface area contributed by atoms with Crippen molar-refractivity contribution in [3.05, 3.63) is 120 Å². The first kappa shape index (κ1) is 37.9. The summed E-state index contributed by atoms with van der Waals surface area (Å²) in [5.74, 6) is 1.95. The SMILES string of the molecule is O=S(=O)([O-])C(F)(F)F.O=S(=O)([O-])C(F)(F)F.c1ccc(C[n+]2cccc3[nH]c(CCc4nc5c(ccc[n+]5Cc5ccccc5)[nH]4)nc32)cc1. The molecular weight excluding hydrogens is 718 g/mol. The zero-order valence-corrected chi connectivity index (χ0v) is 27.0. The van der Waals surface area contributed by atoms with Crippen LogP contribution in [-0.2, 0) is 46.2 Å². The Bertz CT molecular complexity index is 2100. The molecule has 266 valence electrons. The monoisotopic (exact) mass is 744 g/mol. The van der Waals surface area contributed by atoms with E-state index in [0.29, 0.717) is 0 Å². The molecule has 50 heavy (non-hydrogen) atoms. The molecule has 0 fully saturated rings. The van der Waals surface area contributed by atoms with Gasteiger partial charge in [-0.15, -0.1) is 0 Å². The Balaban J connectivity index is 0.000000294. The van der Waals surface area contributed by atoms with Gasteiger partial charge in [-0.3, -0.25) is 0 Å². The second kappa shape index (κ2) is 15.3. The quantitative estimate of drug-likeness (QED) is 0.107. The molecule has 12 nitrogen and oxygen atoms in total. The van der Waals surface area contributed by atoms with Crippen molar-refractivity contribution in [3.8, 4) is 0 Å². The summed E-state index contributed by atoms with van der Waals surface area (Å²) in [5, 5.41) is 0. The van der Waals surface area contributed by atoms with Gasteiger partial charge in [0.15, 0.2) is 20.2 Å². The Morgan fingerprint density at radius 1 is 0.560 bits per heavy atom. The Morgan fingerprint density at radius 2 is 0.880 bits per heavy atom. The molecule has 2 aromatic carbocycles. The molecule has 6 aromatic rings. The van der Waals surface area contributed by atoms with Crippen LogP contribution in [0.5, 0.6) is 0 Å². The van der Waals surface area contributed by atoms with E-state index < -0.39 is 31.3 Å². The summed E-state index contributed by atoms with van der Waals surface area (Å²) in [6.45, 7) is 1.60. The maximum atomic E-state index is 10.7. The van der Waals surface area contributed by atoms with Gasteiger partial charge in [0.05, 0.1) is 12.4 Å². The molecule has 4 heterocycles. The van der Waals surface area contributed by atoms with Crippen molar-refractivity contribution in [1.82, 2.24) is 19.9 Å². The summed E-state index contributed by atoms with van der Waals surface area (Å²) in [7, 11) is -12.2. The number of hydrogen-bond donors (Lipinski definition) is 2. The number of fused-ring (bicyclic) bond motifs is 2. The van der Waals surface area contributed by atoms with Crippen LogP contribution in [0, 0.1) is 0 Å². The van der Waals surface area contributed by atoms with Gasteiger partial charge in [0, 0.05) is 12.8 Å². The number of nitrogens with zero attached hydrogens (tertiary/aromatic N) is 4. The first-order valence-corrected chi connectivity index (χ1v) is 17.0. The molecule has 0 saturated heterocycles. The fraction of sp³-hybridized carbons (Fsp3) is 0.200. The summed E-state index contributed by atoms with van der Waals surface area (Å²) >= 11 is 0. The highest BCUT2D eigenvalue weighted by Crippen LogP contribution is 2.21. The fourth-order valence-electron chi connectivity index (χ4n) is 4.44. The molecule has 0 aliphatic carbocycles. The normalized spacial score (nSPS) is 12.2. The van der Waals surface area contributed by atoms with E-state index in [-0.39, 0.29) is 0 Å². The van der Waals surface area contributed by atoms with E-state index in [1.165, 1.54) is 11.1 Å². The van der Waals surface area contributed by atoms with Crippen LogP contribution in [0.3, 0.4) is 0 Å². The van der Waals surface area contributed by atoms with Crippen LogP contribution in [0.4, 0.5) is 26.3 Å². The molecule has 0 spiro atoms. The van der Waals surface area contributed by atoms with Crippen LogP contribution >= 0.6 is 0 Å². The highest BCUT2D eigenvalue weighted by molar-refractivity contribution is 7.86. The number of aromatic amines is 2. The van der Waals surface area contributed by atoms with Gasteiger partial charge in [-0.1, -0.05) is 60.7 Å². The minimum atomic E-state index is -6.09. The van der Waals surface area contributed by atoms with Crippen LogP contribution < -0.4 is 9.13 Å². The lowest BCUT2D eigenvalue weighted by Crippen LogP contribution is -2.34. The van der Waals surface area contributed by atoms with E-state index in [1.807, 2.05) is 12.1 Å². The minimum absolute atomic E-state index is 0.790. The number of hydrogen-bond acceptors (Lipinski definition) is 8. The van der Waals surface area contributed by atoms with E-state index in [0.717, 1.165) is 59.9 Å². The van der Waals surface area contributed by atoms with E-state index >= 15 is 0 Å². The van der Waals surface area contributed by atoms with Crippen molar-refractivity contribution >= 4 is 42.6 Å². The van der Waals surface area contributed by atoms with E-state index in [1.54, 1.807) is 0 Å². The van der Waals surface area contributed by atoms with Crippen LogP contribution in [-0.4, -0.2) is 56.9 Å². The van der Waals surface area contributed by atoms with Gasteiger partial charge in [0.1, 0.15) is 24.1 Å². The predicted molar refractivity (Wildman–Crippen MR) is 163 cm³/mol. The summed E-state index contributed by atoms with van der Waals surface area (Å²) in [4.78, 5) is 16.8. The maximum absolute atomic E-state index is 10.7. The number of halogens is 6.